The van der Waals surface area contributed by atoms with Gasteiger partial charge >= 0.3 is 0 Å². The zero-order chi connectivity index (χ0) is 17.8. The number of rotatable bonds is 6. The second kappa shape index (κ2) is 8.65. The highest BCUT2D eigenvalue weighted by atomic mass is 16.5. The zero-order valence-electron chi connectivity index (χ0n) is 16.0. The molecule has 3 heterocycles. The Labute approximate surface area is 153 Å². The molecular weight excluding hydrogens is 314 g/mol. The molecule has 0 bridgehead atoms. The van der Waals surface area contributed by atoms with Crippen LogP contribution in [-0.4, -0.2) is 84.7 Å². The van der Waals surface area contributed by atoms with E-state index in [1.54, 1.807) is 0 Å². The maximum Gasteiger partial charge on any atom is 0.240 e. The van der Waals surface area contributed by atoms with Crippen LogP contribution < -0.4 is 0 Å². The van der Waals surface area contributed by atoms with E-state index in [2.05, 4.69) is 30.2 Å². The number of ether oxygens (including phenoxy) is 1. The number of amides is 1. The minimum Gasteiger partial charge on any atom is -0.373 e. The van der Waals surface area contributed by atoms with Crippen molar-refractivity contribution < 1.29 is 9.53 Å². The monoisotopic (exact) mass is 349 g/mol. The van der Waals surface area contributed by atoms with Crippen LogP contribution in [0.25, 0.3) is 0 Å². The number of hydrogen-bond donors (Lipinski definition) is 0. The molecule has 0 aromatic carbocycles. The van der Waals surface area contributed by atoms with Crippen molar-refractivity contribution in [1.82, 2.24) is 14.7 Å². The Morgan fingerprint density at radius 1 is 1.12 bits per heavy atom. The number of carbonyl (C=O) groups is 1. The standard InChI is InChI=1S/C20H35N3O2/c1-4-9-23-13-8-19(20(23)24)22-11-6-18(7-12-22)5-10-21-14-16(2)25-17(3)15-21/h4,16-19H,1,5-15H2,2-3H3/t16-,17-,19+/m1/s1. The molecule has 3 aliphatic rings. The molecule has 5 nitrogen and oxygen atoms in total. The van der Waals surface area contributed by atoms with Gasteiger partial charge in [-0.1, -0.05) is 6.08 Å². The van der Waals surface area contributed by atoms with Gasteiger partial charge in [0, 0.05) is 26.2 Å². The van der Waals surface area contributed by atoms with Crippen LogP contribution >= 0.6 is 0 Å². The van der Waals surface area contributed by atoms with Gasteiger partial charge in [0.1, 0.15) is 0 Å². The van der Waals surface area contributed by atoms with Crippen molar-refractivity contribution in [2.45, 2.75) is 57.8 Å². The molecule has 0 aromatic rings. The lowest BCUT2D eigenvalue weighted by molar-refractivity contribution is -0.132. The van der Waals surface area contributed by atoms with E-state index >= 15 is 0 Å². The smallest absolute Gasteiger partial charge is 0.240 e. The van der Waals surface area contributed by atoms with Crippen LogP contribution in [0.2, 0.25) is 0 Å². The predicted octanol–water partition coefficient (Wildman–Crippen LogP) is 1.98. The Balaban J connectivity index is 1.39. The van der Waals surface area contributed by atoms with Gasteiger partial charge in [-0.15, -0.1) is 6.58 Å². The van der Waals surface area contributed by atoms with E-state index in [-0.39, 0.29) is 6.04 Å². The van der Waals surface area contributed by atoms with E-state index in [1.165, 1.54) is 25.8 Å². The maximum atomic E-state index is 12.5. The summed E-state index contributed by atoms with van der Waals surface area (Å²) in [5, 5.41) is 0. The molecule has 0 unspecified atom stereocenters. The van der Waals surface area contributed by atoms with Gasteiger partial charge < -0.3 is 9.64 Å². The number of carbonyl (C=O) groups excluding carboxylic acids is 1. The summed E-state index contributed by atoms with van der Waals surface area (Å²) in [7, 11) is 0. The molecule has 0 aromatic heterocycles. The van der Waals surface area contributed by atoms with E-state index in [0.717, 1.165) is 45.1 Å². The fourth-order valence-corrected chi connectivity index (χ4v) is 4.78. The van der Waals surface area contributed by atoms with Crippen molar-refractivity contribution in [3.8, 4) is 0 Å². The first-order chi connectivity index (χ1) is 12.1. The molecule has 3 rings (SSSR count). The Kier molecular flexibility index (Phi) is 6.53. The highest BCUT2D eigenvalue weighted by Crippen LogP contribution is 2.26. The van der Waals surface area contributed by atoms with E-state index in [4.69, 9.17) is 4.74 Å². The Morgan fingerprint density at radius 2 is 1.80 bits per heavy atom. The zero-order valence-corrected chi connectivity index (χ0v) is 16.0. The lowest BCUT2D eigenvalue weighted by Crippen LogP contribution is -2.47. The highest BCUT2D eigenvalue weighted by molar-refractivity contribution is 5.84. The van der Waals surface area contributed by atoms with Gasteiger partial charge in [0.15, 0.2) is 0 Å². The maximum absolute atomic E-state index is 12.5. The quantitative estimate of drug-likeness (QED) is 0.687. The first-order valence-electron chi connectivity index (χ1n) is 10.1. The fraction of sp³-hybridized carbons (Fsp3) is 0.850. The number of morpholine rings is 1. The van der Waals surface area contributed by atoms with Crippen molar-refractivity contribution >= 4 is 5.91 Å². The van der Waals surface area contributed by atoms with Gasteiger partial charge in [-0.25, -0.2) is 0 Å². The van der Waals surface area contributed by atoms with Gasteiger partial charge in [0.2, 0.25) is 5.91 Å². The molecule has 3 aliphatic heterocycles. The molecule has 0 N–H and O–H groups in total. The first-order valence-corrected chi connectivity index (χ1v) is 10.1. The Bertz CT molecular complexity index is 452. The second-order valence-corrected chi connectivity index (χ2v) is 8.16. The van der Waals surface area contributed by atoms with Gasteiger partial charge in [-0.2, -0.15) is 0 Å². The third-order valence-electron chi connectivity index (χ3n) is 6.06. The number of piperidine rings is 1. The van der Waals surface area contributed by atoms with E-state index in [0.29, 0.717) is 24.7 Å². The van der Waals surface area contributed by atoms with Gasteiger partial charge in [-0.05, 0) is 65.1 Å². The molecule has 5 heteroatoms. The van der Waals surface area contributed by atoms with Crippen LogP contribution in [0.5, 0.6) is 0 Å². The molecule has 0 aliphatic carbocycles. The summed E-state index contributed by atoms with van der Waals surface area (Å²) in [5.74, 6) is 1.13. The first kappa shape index (κ1) is 18.9. The Morgan fingerprint density at radius 3 is 2.44 bits per heavy atom. The lowest BCUT2D eigenvalue weighted by Gasteiger charge is -2.38. The van der Waals surface area contributed by atoms with Crippen molar-refractivity contribution in [3.05, 3.63) is 12.7 Å². The molecule has 142 valence electrons. The molecule has 0 radical (unpaired) electrons. The molecule has 3 fully saturated rings. The molecular formula is C20H35N3O2. The number of hydrogen-bond acceptors (Lipinski definition) is 4. The summed E-state index contributed by atoms with van der Waals surface area (Å²) in [6, 6.07) is 0.127. The van der Waals surface area contributed by atoms with Crippen molar-refractivity contribution in [3.63, 3.8) is 0 Å². The molecule has 3 saturated heterocycles. The number of likely N-dealkylation sites (tertiary alicyclic amines) is 2. The summed E-state index contributed by atoms with van der Waals surface area (Å²) in [6.45, 7) is 15.2. The summed E-state index contributed by atoms with van der Waals surface area (Å²) in [5.41, 5.74) is 0. The molecule has 0 spiro atoms. The summed E-state index contributed by atoms with van der Waals surface area (Å²) < 4.78 is 5.82. The SMILES string of the molecule is C=CCN1CC[C@H](N2CCC(CCN3C[C@@H](C)O[C@H](C)C3)CC2)C1=O. The largest absolute Gasteiger partial charge is 0.373 e. The molecule has 25 heavy (non-hydrogen) atoms. The van der Waals surface area contributed by atoms with Crippen LogP contribution in [0, 0.1) is 5.92 Å². The fourth-order valence-electron chi connectivity index (χ4n) is 4.78. The topological polar surface area (TPSA) is 36.0 Å². The molecule has 3 atom stereocenters. The summed E-state index contributed by atoms with van der Waals surface area (Å²) >= 11 is 0. The van der Waals surface area contributed by atoms with Crippen LogP contribution in [0.3, 0.4) is 0 Å². The normalized spacial score (nSPS) is 33.1. The molecule has 1 amide bonds. The van der Waals surface area contributed by atoms with Crippen molar-refractivity contribution in [2.75, 3.05) is 45.8 Å². The number of nitrogens with zero attached hydrogens (tertiary/aromatic N) is 3. The van der Waals surface area contributed by atoms with Crippen LogP contribution in [0.15, 0.2) is 12.7 Å². The third kappa shape index (κ3) is 4.83. The van der Waals surface area contributed by atoms with Gasteiger partial charge in [-0.3, -0.25) is 14.6 Å². The van der Waals surface area contributed by atoms with Crippen LogP contribution in [0.1, 0.15) is 39.5 Å². The van der Waals surface area contributed by atoms with E-state index < -0.39 is 0 Å². The average molecular weight is 350 g/mol. The van der Waals surface area contributed by atoms with Gasteiger partial charge in [0.25, 0.3) is 0 Å². The Hall–Kier alpha value is -0.910. The predicted molar refractivity (Wildman–Crippen MR) is 101 cm³/mol. The van der Waals surface area contributed by atoms with Crippen LogP contribution in [0.4, 0.5) is 0 Å². The minimum absolute atomic E-state index is 0.127. The highest BCUT2D eigenvalue weighted by Gasteiger charge is 2.36. The lowest BCUT2D eigenvalue weighted by atomic mass is 9.92. The van der Waals surface area contributed by atoms with Crippen LogP contribution in [-0.2, 0) is 9.53 Å². The summed E-state index contributed by atoms with van der Waals surface area (Å²) in [4.78, 5) is 19.4. The van der Waals surface area contributed by atoms with Gasteiger partial charge in [0.05, 0.1) is 18.2 Å². The van der Waals surface area contributed by atoms with Crippen molar-refractivity contribution in [2.24, 2.45) is 5.92 Å². The van der Waals surface area contributed by atoms with E-state index in [9.17, 15) is 4.79 Å². The minimum atomic E-state index is 0.127. The van der Waals surface area contributed by atoms with Crippen molar-refractivity contribution in [1.29, 1.82) is 0 Å². The molecule has 0 saturated carbocycles. The summed E-state index contributed by atoms with van der Waals surface area (Å²) in [6.07, 6.45) is 7.30. The van der Waals surface area contributed by atoms with E-state index in [1.807, 2.05) is 11.0 Å². The third-order valence-corrected chi connectivity index (χ3v) is 6.06. The second-order valence-electron chi connectivity index (χ2n) is 8.16. The average Bonchev–Trinajstić information content (AvgIpc) is 2.94.